The van der Waals surface area contributed by atoms with Gasteiger partial charge in [-0.1, -0.05) is 121 Å². The average molecular weight is 704 g/mol. The van der Waals surface area contributed by atoms with Crippen LogP contribution in [-0.4, -0.2) is 15.0 Å². The van der Waals surface area contributed by atoms with E-state index < -0.39 is 7.44 Å². The molecule has 0 fully saturated rings. The van der Waals surface area contributed by atoms with Crippen molar-refractivity contribution < 1.29 is 8.98 Å². The second-order valence-corrected chi connectivity index (χ2v) is 15.2. The average Bonchev–Trinajstić information content (AvgIpc) is 3.75. The molecule has 0 spiro atoms. The van der Waals surface area contributed by atoms with Crippen molar-refractivity contribution in [3.63, 3.8) is 0 Å². The molecular formula is C45H30N5O2P. The highest BCUT2D eigenvalue weighted by molar-refractivity contribution is 7.76. The minimum absolute atomic E-state index is 0.491. The fourth-order valence-electron chi connectivity index (χ4n) is 7.26. The summed E-state index contributed by atoms with van der Waals surface area (Å²) in [4.78, 5) is 15.2. The molecule has 9 aromatic rings. The van der Waals surface area contributed by atoms with E-state index in [0.29, 0.717) is 17.5 Å². The van der Waals surface area contributed by atoms with Crippen LogP contribution in [0.4, 0.5) is 22.7 Å². The van der Waals surface area contributed by atoms with Crippen molar-refractivity contribution in [2.45, 2.75) is 0 Å². The zero-order valence-corrected chi connectivity index (χ0v) is 29.2. The Balaban J connectivity index is 1.18. The van der Waals surface area contributed by atoms with Gasteiger partial charge in [-0.15, -0.1) is 0 Å². The molecule has 0 amide bonds. The van der Waals surface area contributed by atoms with Crippen LogP contribution in [0, 0.1) is 0 Å². The predicted octanol–water partition coefficient (Wildman–Crippen LogP) is 11.6. The Hall–Kier alpha value is -6.82. The van der Waals surface area contributed by atoms with Crippen molar-refractivity contribution in [2.75, 3.05) is 9.34 Å². The number of hydrogen-bond acceptors (Lipinski definition) is 5. The zero-order valence-electron chi connectivity index (χ0n) is 28.3. The number of nitrogens with zero attached hydrogens (tertiary/aromatic N) is 5. The molecule has 1 atom stereocenters. The number of anilines is 4. The van der Waals surface area contributed by atoms with Crippen LogP contribution >= 0.6 is 7.44 Å². The van der Waals surface area contributed by atoms with Crippen LogP contribution < -0.4 is 14.6 Å². The third kappa shape index (κ3) is 5.05. The fraction of sp³-hybridized carbons (Fsp3) is 0. The molecule has 252 valence electrons. The molecule has 0 saturated carbocycles. The normalized spacial score (nSPS) is 15.2. The van der Waals surface area contributed by atoms with Gasteiger partial charge in [0.25, 0.3) is 0 Å². The fourth-order valence-corrected chi connectivity index (χ4v) is 10.3. The third-order valence-electron chi connectivity index (χ3n) is 9.64. The maximum absolute atomic E-state index is 16.1. The lowest BCUT2D eigenvalue weighted by atomic mass is 10.1. The molecule has 1 aliphatic rings. The second kappa shape index (κ2) is 12.4. The second-order valence-electron chi connectivity index (χ2n) is 12.8. The first-order valence-electron chi connectivity index (χ1n) is 17.4. The molecule has 10 rings (SSSR count). The van der Waals surface area contributed by atoms with Gasteiger partial charge in [0.15, 0.2) is 17.5 Å². The van der Waals surface area contributed by atoms with Crippen LogP contribution in [0.25, 0.3) is 56.1 Å². The van der Waals surface area contributed by atoms with Crippen LogP contribution in [-0.2, 0) is 4.57 Å². The van der Waals surface area contributed by atoms with E-state index in [-0.39, 0.29) is 0 Å². The Bertz CT molecular complexity index is 2840. The summed E-state index contributed by atoms with van der Waals surface area (Å²) in [6, 6.07) is 59.7. The minimum atomic E-state index is -3.54. The maximum atomic E-state index is 16.1. The van der Waals surface area contributed by atoms with E-state index in [4.69, 9.17) is 19.4 Å². The SMILES string of the molecule is O=P1(c2ccccc2)N(c2ccccc2)c2ccccc2N1c1cccc(-c2nc(-c3ccccc3)nc(-c3cccc4c3oc3ccccc34)n2)c1. The van der Waals surface area contributed by atoms with Crippen LogP contribution in [0.3, 0.4) is 0 Å². The lowest BCUT2D eigenvalue weighted by molar-refractivity contribution is 0.582. The molecule has 1 aliphatic heterocycles. The Morgan fingerprint density at radius 2 is 0.981 bits per heavy atom. The standard InChI is InChI=1S/C45H30N5O2P/c51-53(35-22-8-3-9-23-35)49(33-19-6-2-7-20-33)39-27-11-12-28-40(39)50(53)34-21-14-18-32(30-34)44-46-43(31-16-4-1-5-17-31)47-45(48-44)38-26-15-25-37-36-24-10-13-29-41(36)52-42(37)38/h1-30H. The summed E-state index contributed by atoms with van der Waals surface area (Å²) in [5.41, 5.74) is 7.24. The van der Waals surface area contributed by atoms with Crippen LogP contribution in [0.2, 0.25) is 0 Å². The number of benzene rings is 7. The van der Waals surface area contributed by atoms with Crippen LogP contribution in [0.15, 0.2) is 186 Å². The first-order chi connectivity index (χ1) is 26.2. The number of fused-ring (bicyclic) bond motifs is 4. The highest BCUT2D eigenvalue weighted by Gasteiger charge is 2.48. The number of hydrogen-bond donors (Lipinski definition) is 0. The van der Waals surface area contributed by atoms with E-state index in [9.17, 15) is 0 Å². The van der Waals surface area contributed by atoms with Crippen molar-refractivity contribution >= 4 is 57.4 Å². The lowest BCUT2D eigenvalue weighted by Gasteiger charge is -2.33. The summed E-state index contributed by atoms with van der Waals surface area (Å²) < 4.78 is 26.5. The van der Waals surface area contributed by atoms with Gasteiger partial charge in [0, 0.05) is 27.6 Å². The first kappa shape index (κ1) is 31.0. The van der Waals surface area contributed by atoms with Gasteiger partial charge in [-0.05, 0) is 60.7 Å². The van der Waals surface area contributed by atoms with E-state index >= 15 is 4.57 Å². The van der Waals surface area contributed by atoms with Gasteiger partial charge in [0.2, 0.25) is 0 Å². The Morgan fingerprint density at radius 3 is 1.74 bits per heavy atom. The van der Waals surface area contributed by atoms with E-state index in [1.54, 1.807) is 0 Å². The van der Waals surface area contributed by atoms with Gasteiger partial charge in [0.1, 0.15) is 11.2 Å². The zero-order chi connectivity index (χ0) is 35.4. The molecule has 7 aromatic carbocycles. The van der Waals surface area contributed by atoms with E-state index in [0.717, 1.165) is 66.7 Å². The lowest BCUT2D eigenvalue weighted by Crippen LogP contribution is -2.26. The number of rotatable bonds is 6. The van der Waals surface area contributed by atoms with Crippen molar-refractivity contribution in [3.8, 4) is 34.2 Å². The van der Waals surface area contributed by atoms with E-state index in [1.807, 2.05) is 179 Å². The summed E-state index contributed by atoms with van der Waals surface area (Å²) >= 11 is 0. The summed E-state index contributed by atoms with van der Waals surface area (Å²) in [7, 11) is -3.54. The molecule has 0 radical (unpaired) electrons. The van der Waals surface area contributed by atoms with Crippen LogP contribution in [0.1, 0.15) is 0 Å². The molecule has 0 bridgehead atoms. The number of para-hydroxylation sites is 5. The van der Waals surface area contributed by atoms with Gasteiger partial charge in [-0.25, -0.2) is 15.0 Å². The first-order valence-corrected chi connectivity index (χ1v) is 19.0. The summed E-state index contributed by atoms with van der Waals surface area (Å²) in [5.74, 6) is 1.53. The largest absolute Gasteiger partial charge is 0.455 e. The monoisotopic (exact) mass is 703 g/mol. The molecular weight excluding hydrogens is 674 g/mol. The van der Waals surface area contributed by atoms with E-state index in [1.165, 1.54) is 0 Å². The number of aromatic nitrogens is 3. The predicted molar refractivity (Wildman–Crippen MR) is 214 cm³/mol. The van der Waals surface area contributed by atoms with E-state index in [2.05, 4.69) is 12.1 Å². The van der Waals surface area contributed by atoms with Gasteiger partial charge < -0.3 is 4.42 Å². The molecule has 53 heavy (non-hydrogen) atoms. The van der Waals surface area contributed by atoms with Crippen molar-refractivity contribution in [3.05, 3.63) is 182 Å². The molecule has 1 unspecified atom stereocenters. The van der Waals surface area contributed by atoms with Gasteiger partial charge in [-0.3, -0.25) is 13.9 Å². The summed E-state index contributed by atoms with van der Waals surface area (Å²) in [6.45, 7) is 0. The van der Waals surface area contributed by atoms with Gasteiger partial charge in [-0.2, -0.15) is 0 Å². The molecule has 2 aromatic heterocycles. The van der Waals surface area contributed by atoms with Gasteiger partial charge >= 0.3 is 7.44 Å². The van der Waals surface area contributed by atoms with Crippen LogP contribution in [0.5, 0.6) is 0 Å². The van der Waals surface area contributed by atoms with Crippen molar-refractivity contribution in [2.24, 2.45) is 0 Å². The number of furan rings is 1. The molecule has 8 heteroatoms. The smallest absolute Gasteiger partial charge is 0.301 e. The molecule has 3 heterocycles. The Labute approximate surface area is 306 Å². The highest BCUT2D eigenvalue weighted by atomic mass is 31.2. The van der Waals surface area contributed by atoms with Crippen molar-refractivity contribution in [1.29, 1.82) is 0 Å². The topological polar surface area (TPSA) is 75.4 Å². The highest BCUT2D eigenvalue weighted by Crippen LogP contribution is 2.69. The summed E-state index contributed by atoms with van der Waals surface area (Å²) in [6.07, 6.45) is 0. The Morgan fingerprint density at radius 1 is 0.453 bits per heavy atom. The van der Waals surface area contributed by atoms with Gasteiger partial charge in [0.05, 0.1) is 27.9 Å². The molecule has 0 saturated heterocycles. The Kier molecular flexibility index (Phi) is 7.27. The quantitative estimate of drug-likeness (QED) is 0.160. The molecule has 7 nitrogen and oxygen atoms in total. The third-order valence-corrected chi connectivity index (χ3v) is 12.6. The summed E-state index contributed by atoms with van der Waals surface area (Å²) in [5, 5.41) is 2.75. The maximum Gasteiger partial charge on any atom is 0.301 e. The minimum Gasteiger partial charge on any atom is -0.455 e. The molecule has 0 N–H and O–H groups in total. The van der Waals surface area contributed by atoms with Crippen molar-refractivity contribution in [1.82, 2.24) is 15.0 Å². The molecule has 0 aliphatic carbocycles.